The van der Waals surface area contributed by atoms with Gasteiger partial charge >= 0.3 is 0 Å². The molecule has 0 aliphatic carbocycles. The van der Waals surface area contributed by atoms with Gasteiger partial charge in [0.15, 0.2) is 0 Å². The van der Waals surface area contributed by atoms with Crippen molar-refractivity contribution in [2.45, 2.75) is 48.5 Å². The minimum Gasteiger partial charge on any atom is -0.458 e. The van der Waals surface area contributed by atoms with Crippen molar-refractivity contribution in [3.63, 3.8) is 0 Å². The van der Waals surface area contributed by atoms with Crippen LogP contribution in [0.3, 0.4) is 0 Å². The molecule has 0 unspecified atom stereocenters. The van der Waals surface area contributed by atoms with E-state index in [9.17, 15) is 0 Å². The molecule has 0 atom stereocenters. The first kappa shape index (κ1) is 75.2. The number of fused-ring (bicyclic) bond motifs is 12. The predicted octanol–water partition coefficient (Wildman–Crippen LogP) is 24.4. The standard InChI is InChI=1S/C39H29BO2.2C38H27BO2/c1-24-11-4-7-14-28(24)27-19-21-35-34(23-27)40-33-18-10-17-31(29-15-8-5-12-25(29)2)38(33)42-39-32(20-22-36(41-35)37(39)40)30-16-9-6-13-26(30)3;1-24-11-6-8-15-28(24)27-19-21-34-33(23-27)39-32-18-10-17-30(26-13-4-3-5-14-26)37(32)41-38-31(20-22-35(40-34)36(38)39)29-16-9-7-12-25(29)2;1-24-11-6-8-15-28(24)30-17-10-18-32-37(30)41-38-31(29-16-9-7-12-25(29)2)20-22-35-36(38)39(32)33-23-27(19-21-34(33)40-35)26-13-4-3-5-14-26/h4-23H,1-3H3;2*3-23H,1-2H3. The zero-order valence-corrected chi connectivity index (χ0v) is 70.0. The maximum absolute atomic E-state index is 7.07. The Labute approximate surface area is 725 Å². The van der Waals surface area contributed by atoms with Gasteiger partial charge in [0.05, 0.1) is 0 Å². The highest BCUT2D eigenvalue weighted by molar-refractivity contribution is 7.00. The summed E-state index contributed by atoms with van der Waals surface area (Å²) in [6.07, 6.45) is 0. The fourth-order valence-electron chi connectivity index (χ4n) is 19.8. The lowest BCUT2D eigenvalue weighted by Crippen LogP contribution is -2.57. The van der Waals surface area contributed by atoms with Crippen LogP contribution < -0.4 is 77.6 Å². The Kier molecular flexibility index (Phi) is 18.7. The number of para-hydroxylation sites is 3. The van der Waals surface area contributed by atoms with Gasteiger partial charge in [0, 0.05) is 49.8 Å². The Morgan fingerprint density at radius 2 is 0.387 bits per heavy atom. The molecule has 18 aromatic carbocycles. The molecule has 0 spiro atoms. The third kappa shape index (κ3) is 12.8. The summed E-state index contributed by atoms with van der Waals surface area (Å²) in [4.78, 5) is 0. The van der Waals surface area contributed by atoms with Crippen LogP contribution in [0.2, 0.25) is 0 Å². The normalized spacial score (nSPS) is 12.5. The van der Waals surface area contributed by atoms with E-state index in [1.807, 2.05) is 0 Å². The van der Waals surface area contributed by atoms with E-state index in [1.54, 1.807) is 0 Å². The number of aryl methyl sites for hydroxylation is 7. The summed E-state index contributed by atoms with van der Waals surface area (Å²) >= 11 is 0. The van der Waals surface area contributed by atoms with Gasteiger partial charge in [-0.15, -0.1) is 0 Å². The molecule has 0 fully saturated rings. The smallest absolute Gasteiger partial charge is 0.260 e. The third-order valence-corrected chi connectivity index (χ3v) is 25.9. The zero-order chi connectivity index (χ0) is 83.4. The van der Waals surface area contributed by atoms with E-state index in [0.29, 0.717) is 0 Å². The monoisotopic (exact) mass is 1590 g/mol. The summed E-state index contributed by atoms with van der Waals surface area (Å²) in [6.45, 7) is 15.1. The quantitative estimate of drug-likeness (QED) is 0.134. The minimum atomic E-state index is -0.0283. The number of hydrogen-bond donors (Lipinski definition) is 0. The molecule has 588 valence electrons. The van der Waals surface area contributed by atoms with Gasteiger partial charge in [0.1, 0.15) is 69.0 Å². The molecule has 0 bridgehead atoms. The molecule has 18 aromatic rings. The molecule has 0 N–H and O–H groups in total. The molecule has 0 saturated heterocycles. The topological polar surface area (TPSA) is 55.4 Å². The van der Waals surface area contributed by atoms with Crippen LogP contribution in [0, 0.1) is 48.5 Å². The Morgan fingerprint density at radius 3 is 0.710 bits per heavy atom. The molecule has 24 rings (SSSR count). The van der Waals surface area contributed by atoms with E-state index in [2.05, 4.69) is 425 Å². The molecule has 9 heteroatoms. The van der Waals surface area contributed by atoms with Gasteiger partial charge in [-0.05, 0) is 242 Å². The van der Waals surface area contributed by atoms with Crippen molar-refractivity contribution in [2.75, 3.05) is 0 Å². The molecule has 0 aromatic heterocycles. The van der Waals surface area contributed by atoms with Gasteiger partial charge in [0.2, 0.25) is 0 Å². The summed E-state index contributed by atoms with van der Waals surface area (Å²) < 4.78 is 41.0. The van der Waals surface area contributed by atoms with Crippen LogP contribution in [-0.4, -0.2) is 20.1 Å². The van der Waals surface area contributed by atoms with Crippen molar-refractivity contribution >= 4 is 69.3 Å². The lowest BCUT2D eigenvalue weighted by atomic mass is 9.34. The zero-order valence-electron chi connectivity index (χ0n) is 70.0. The van der Waals surface area contributed by atoms with Crippen molar-refractivity contribution in [1.29, 1.82) is 0 Å². The number of rotatable bonds is 9. The van der Waals surface area contributed by atoms with E-state index in [-0.39, 0.29) is 20.1 Å². The average Bonchev–Trinajstić information content (AvgIpc) is 0.720. The minimum absolute atomic E-state index is 0.0240. The number of ether oxygens (including phenoxy) is 6. The van der Waals surface area contributed by atoms with Gasteiger partial charge in [-0.25, -0.2) is 0 Å². The first-order chi connectivity index (χ1) is 60.9. The molecule has 0 radical (unpaired) electrons. The fraction of sp³-hybridized carbons (Fsp3) is 0.0609. The van der Waals surface area contributed by atoms with E-state index < -0.39 is 0 Å². The molecule has 0 amide bonds. The Morgan fingerprint density at radius 1 is 0.145 bits per heavy atom. The maximum Gasteiger partial charge on any atom is 0.260 e. The van der Waals surface area contributed by atoms with Gasteiger partial charge in [-0.3, -0.25) is 0 Å². The van der Waals surface area contributed by atoms with Crippen LogP contribution in [0.5, 0.6) is 69.0 Å². The van der Waals surface area contributed by atoms with Crippen molar-refractivity contribution in [3.8, 4) is 169 Å². The van der Waals surface area contributed by atoms with Crippen LogP contribution in [0.15, 0.2) is 376 Å². The molecular weight excluding hydrogens is 1510 g/mol. The summed E-state index contributed by atoms with van der Waals surface area (Å²) in [5, 5.41) is 0. The number of benzene rings is 18. The maximum atomic E-state index is 7.07. The Bertz CT molecular complexity index is 7360. The van der Waals surface area contributed by atoms with Crippen molar-refractivity contribution in [3.05, 3.63) is 415 Å². The van der Waals surface area contributed by atoms with Gasteiger partial charge in [0.25, 0.3) is 20.1 Å². The average molecular weight is 1590 g/mol. The van der Waals surface area contributed by atoms with Crippen molar-refractivity contribution < 1.29 is 28.4 Å². The van der Waals surface area contributed by atoms with E-state index in [4.69, 9.17) is 28.4 Å². The van der Waals surface area contributed by atoms with Crippen LogP contribution in [0.1, 0.15) is 38.9 Å². The summed E-state index contributed by atoms with van der Waals surface area (Å²) in [5.74, 6) is 10.7. The largest absolute Gasteiger partial charge is 0.458 e. The highest BCUT2D eigenvalue weighted by Gasteiger charge is 2.46. The Hall–Kier alpha value is -15.0. The van der Waals surface area contributed by atoms with Crippen LogP contribution in [0.4, 0.5) is 0 Å². The SMILES string of the molecule is Cc1ccccc1-c1ccc2c(c1)B1c3cccc(-c4ccccc4)c3Oc3c(-c4ccccc4C)ccc(c31)O2.Cc1ccccc1-c1ccc2c(c1)B1c3cccc(-c4ccccc4C)c3Oc3c(-c4ccccc4C)ccc(c31)O2.Cc1ccccc1-c1cccc2c1Oc1c(-c3ccccc3C)ccc3c1B2c1cc(-c2ccccc2)ccc1O3. The second kappa shape index (κ2) is 30.9. The highest BCUT2D eigenvalue weighted by Crippen LogP contribution is 2.50. The first-order valence-corrected chi connectivity index (χ1v) is 42.8. The number of hydrogen-bond acceptors (Lipinski definition) is 6. The first-order valence-electron chi connectivity index (χ1n) is 42.8. The molecule has 6 aliphatic heterocycles. The van der Waals surface area contributed by atoms with Gasteiger partial charge < -0.3 is 28.4 Å². The van der Waals surface area contributed by atoms with Crippen LogP contribution in [-0.2, 0) is 0 Å². The summed E-state index contributed by atoms with van der Waals surface area (Å²) in [7, 11) is 0. The van der Waals surface area contributed by atoms with E-state index >= 15 is 0 Å². The molecule has 6 aliphatic rings. The summed E-state index contributed by atoms with van der Waals surface area (Å²) in [5.41, 5.74) is 39.7. The van der Waals surface area contributed by atoms with Crippen LogP contribution in [0.25, 0.3) is 100 Å². The van der Waals surface area contributed by atoms with Gasteiger partial charge in [-0.1, -0.05) is 322 Å². The van der Waals surface area contributed by atoms with E-state index in [0.717, 1.165) is 157 Å². The molecule has 6 nitrogen and oxygen atoms in total. The fourth-order valence-corrected chi connectivity index (χ4v) is 19.8. The molecule has 0 saturated carbocycles. The Balaban J connectivity index is 0.000000111. The molecular formula is C115H83B3O6. The van der Waals surface area contributed by atoms with Crippen LogP contribution >= 0.6 is 0 Å². The predicted molar refractivity (Wildman–Crippen MR) is 514 cm³/mol. The van der Waals surface area contributed by atoms with Crippen molar-refractivity contribution in [1.82, 2.24) is 0 Å². The molecule has 124 heavy (non-hydrogen) atoms. The lowest BCUT2D eigenvalue weighted by Gasteiger charge is -2.35. The van der Waals surface area contributed by atoms with Gasteiger partial charge in [-0.2, -0.15) is 0 Å². The second-order valence-electron chi connectivity index (χ2n) is 33.3. The van der Waals surface area contributed by atoms with E-state index in [1.165, 1.54) is 100 Å². The second-order valence-corrected chi connectivity index (χ2v) is 33.3. The highest BCUT2D eigenvalue weighted by atomic mass is 16.5. The third-order valence-electron chi connectivity index (χ3n) is 25.9. The molecule has 6 heterocycles. The summed E-state index contributed by atoms with van der Waals surface area (Å²) in [6, 6.07) is 133. The lowest BCUT2D eigenvalue weighted by molar-refractivity contribution is 0.466. The van der Waals surface area contributed by atoms with Crippen molar-refractivity contribution in [2.24, 2.45) is 0 Å².